The molecule has 1 aromatic heterocycles. The van der Waals surface area contributed by atoms with Gasteiger partial charge < -0.3 is 0 Å². The molecule has 0 aromatic carbocycles. The van der Waals surface area contributed by atoms with Crippen LogP contribution in [0.4, 0.5) is 0 Å². The van der Waals surface area contributed by atoms with Crippen LogP contribution in [-0.4, -0.2) is 28.8 Å². The summed E-state index contributed by atoms with van der Waals surface area (Å²) < 4.78 is 0. The van der Waals surface area contributed by atoms with E-state index in [0.29, 0.717) is 5.78 Å². The molecule has 0 bridgehead atoms. The van der Waals surface area contributed by atoms with Crippen LogP contribution in [0.1, 0.15) is 30.9 Å². The molecule has 1 unspecified atom stereocenters. The van der Waals surface area contributed by atoms with Crippen LogP contribution in [0.5, 0.6) is 0 Å². The van der Waals surface area contributed by atoms with Crippen molar-refractivity contribution in [2.45, 2.75) is 33.2 Å². The Kier molecular flexibility index (Phi) is 3.89. The molecule has 2 rings (SSSR count). The number of ketones is 1. The molecule has 1 fully saturated rings. The number of rotatable bonds is 3. The molecule has 0 radical (unpaired) electrons. The molecular formula is C14H20N2O. The minimum absolute atomic E-state index is 0.238. The van der Waals surface area contributed by atoms with E-state index in [4.69, 9.17) is 0 Å². The van der Waals surface area contributed by atoms with Gasteiger partial charge in [-0.3, -0.25) is 14.7 Å². The van der Waals surface area contributed by atoms with Crippen LogP contribution >= 0.6 is 0 Å². The fourth-order valence-corrected chi connectivity index (χ4v) is 2.49. The van der Waals surface area contributed by atoms with E-state index in [0.717, 1.165) is 32.5 Å². The van der Waals surface area contributed by atoms with Crippen LogP contribution in [0.2, 0.25) is 0 Å². The highest BCUT2D eigenvalue weighted by Gasteiger charge is 2.22. The lowest BCUT2D eigenvalue weighted by molar-refractivity contribution is -0.122. The van der Waals surface area contributed by atoms with E-state index >= 15 is 0 Å². The summed E-state index contributed by atoms with van der Waals surface area (Å²) in [5.74, 6) is 0.568. The number of likely N-dealkylation sites (tertiary alicyclic amines) is 1. The molecule has 1 aliphatic heterocycles. The van der Waals surface area contributed by atoms with Gasteiger partial charge in [0.2, 0.25) is 0 Å². The van der Waals surface area contributed by atoms with Crippen LogP contribution in [-0.2, 0) is 11.3 Å². The maximum Gasteiger partial charge on any atom is 0.134 e. The lowest BCUT2D eigenvalue weighted by Crippen LogP contribution is -2.37. The van der Waals surface area contributed by atoms with Gasteiger partial charge in [-0.15, -0.1) is 0 Å². The van der Waals surface area contributed by atoms with Crippen LogP contribution in [0.15, 0.2) is 18.5 Å². The Labute approximate surface area is 103 Å². The summed E-state index contributed by atoms with van der Waals surface area (Å²) in [6.45, 7) is 6.69. The van der Waals surface area contributed by atoms with E-state index in [-0.39, 0.29) is 5.92 Å². The van der Waals surface area contributed by atoms with Crippen molar-refractivity contribution in [1.82, 2.24) is 9.88 Å². The van der Waals surface area contributed by atoms with Crippen LogP contribution in [0.3, 0.4) is 0 Å². The van der Waals surface area contributed by atoms with Crippen molar-refractivity contribution in [1.29, 1.82) is 0 Å². The summed E-state index contributed by atoms with van der Waals surface area (Å²) in [5, 5.41) is 0. The zero-order chi connectivity index (χ0) is 12.3. The smallest absolute Gasteiger partial charge is 0.134 e. The zero-order valence-electron chi connectivity index (χ0n) is 10.6. The largest absolute Gasteiger partial charge is 0.300 e. The Hall–Kier alpha value is -1.22. The van der Waals surface area contributed by atoms with Crippen molar-refractivity contribution in [2.75, 3.05) is 13.1 Å². The number of hydrogen-bond donors (Lipinski definition) is 0. The minimum atomic E-state index is 0.238. The third kappa shape index (κ3) is 3.37. The number of Topliss-reactive ketones (excluding diaryl/α,β-unsaturated/α-hetero) is 1. The predicted octanol–water partition coefficient (Wildman–Crippen LogP) is 2.19. The Morgan fingerprint density at radius 2 is 2.35 bits per heavy atom. The number of aryl methyl sites for hydroxylation is 1. The van der Waals surface area contributed by atoms with Gasteiger partial charge in [-0.05, 0) is 44.4 Å². The van der Waals surface area contributed by atoms with Gasteiger partial charge in [0.1, 0.15) is 5.78 Å². The number of carbonyl (C=O) groups is 1. The molecule has 0 amide bonds. The van der Waals surface area contributed by atoms with Crippen molar-refractivity contribution in [3.8, 4) is 0 Å². The average Bonchev–Trinajstić information content (AvgIpc) is 2.29. The number of hydrogen-bond acceptors (Lipinski definition) is 3. The Morgan fingerprint density at radius 3 is 3.06 bits per heavy atom. The molecule has 0 saturated carbocycles. The molecule has 2 heterocycles. The Balaban J connectivity index is 1.97. The van der Waals surface area contributed by atoms with Crippen molar-refractivity contribution < 1.29 is 4.79 Å². The molecule has 92 valence electrons. The summed E-state index contributed by atoms with van der Waals surface area (Å²) in [7, 11) is 0. The third-order valence-corrected chi connectivity index (χ3v) is 3.42. The topological polar surface area (TPSA) is 33.2 Å². The first-order valence-corrected chi connectivity index (χ1v) is 6.28. The van der Waals surface area contributed by atoms with E-state index in [1.807, 2.05) is 12.4 Å². The standard InChI is InChI=1S/C14H20N2O/c1-11-6-13(8-15-7-11)9-16-5-3-4-14(10-16)12(2)17/h6-8,14H,3-5,9-10H2,1-2H3. The number of aromatic nitrogens is 1. The van der Waals surface area contributed by atoms with E-state index < -0.39 is 0 Å². The molecule has 3 nitrogen and oxygen atoms in total. The Bertz CT molecular complexity index is 403. The highest BCUT2D eigenvalue weighted by molar-refractivity contribution is 5.78. The molecule has 0 aliphatic carbocycles. The molecular weight excluding hydrogens is 212 g/mol. The van der Waals surface area contributed by atoms with Gasteiger partial charge in [-0.1, -0.05) is 6.07 Å². The van der Waals surface area contributed by atoms with Gasteiger partial charge in [0.05, 0.1) is 0 Å². The molecule has 1 aliphatic rings. The number of pyridine rings is 1. The summed E-state index contributed by atoms with van der Waals surface area (Å²) in [6, 6.07) is 2.17. The molecule has 0 spiro atoms. The first-order chi connectivity index (χ1) is 8.15. The van der Waals surface area contributed by atoms with Gasteiger partial charge in [-0.2, -0.15) is 0 Å². The Morgan fingerprint density at radius 1 is 1.53 bits per heavy atom. The van der Waals surface area contributed by atoms with E-state index in [1.165, 1.54) is 11.1 Å². The van der Waals surface area contributed by atoms with Crippen molar-refractivity contribution in [2.24, 2.45) is 5.92 Å². The van der Waals surface area contributed by atoms with Gasteiger partial charge in [0.15, 0.2) is 0 Å². The van der Waals surface area contributed by atoms with Crippen LogP contribution in [0, 0.1) is 12.8 Å². The van der Waals surface area contributed by atoms with Crippen molar-refractivity contribution in [3.63, 3.8) is 0 Å². The first kappa shape index (κ1) is 12.2. The molecule has 1 aromatic rings. The second-order valence-electron chi connectivity index (χ2n) is 5.06. The normalized spacial score (nSPS) is 21.4. The number of nitrogens with zero attached hydrogens (tertiary/aromatic N) is 2. The van der Waals surface area contributed by atoms with Crippen LogP contribution < -0.4 is 0 Å². The van der Waals surface area contributed by atoms with Gasteiger partial charge in [0, 0.05) is 31.4 Å². The predicted molar refractivity (Wildman–Crippen MR) is 67.7 cm³/mol. The maximum atomic E-state index is 11.4. The summed E-state index contributed by atoms with van der Waals surface area (Å²) in [4.78, 5) is 18.0. The third-order valence-electron chi connectivity index (χ3n) is 3.42. The van der Waals surface area contributed by atoms with Crippen molar-refractivity contribution >= 4 is 5.78 Å². The fourth-order valence-electron chi connectivity index (χ4n) is 2.49. The lowest BCUT2D eigenvalue weighted by Gasteiger charge is -2.31. The fraction of sp³-hybridized carbons (Fsp3) is 0.571. The van der Waals surface area contributed by atoms with E-state index in [9.17, 15) is 4.79 Å². The van der Waals surface area contributed by atoms with Crippen molar-refractivity contribution in [3.05, 3.63) is 29.6 Å². The summed E-state index contributed by atoms with van der Waals surface area (Å²) >= 11 is 0. The van der Waals surface area contributed by atoms with E-state index in [2.05, 4.69) is 22.9 Å². The van der Waals surface area contributed by atoms with Gasteiger partial charge in [-0.25, -0.2) is 0 Å². The maximum absolute atomic E-state index is 11.4. The van der Waals surface area contributed by atoms with Gasteiger partial charge in [0.25, 0.3) is 0 Å². The molecule has 17 heavy (non-hydrogen) atoms. The minimum Gasteiger partial charge on any atom is -0.300 e. The lowest BCUT2D eigenvalue weighted by atomic mass is 9.94. The molecule has 1 saturated heterocycles. The molecule has 3 heteroatoms. The van der Waals surface area contributed by atoms with Crippen LogP contribution in [0.25, 0.3) is 0 Å². The molecule has 0 N–H and O–H groups in total. The second-order valence-corrected chi connectivity index (χ2v) is 5.06. The SMILES string of the molecule is CC(=O)C1CCCN(Cc2cncc(C)c2)C1. The monoisotopic (exact) mass is 232 g/mol. The average molecular weight is 232 g/mol. The number of piperidine rings is 1. The quantitative estimate of drug-likeness (QED) is 0.801. The summed E-state index contributed by atoms with van der Waals surface area (Å²) in [6.07, 6.45) is 5.98. The zero-order valence-corrected chi connectivity index (χ0v) is 10.6. The first-order valence-electron chi connectivity index (χ1n) is 6.28. The van der Waals surface area contributed by atoms with E-state index in [1.54, 1.807) is 6.92 Å². The highest BCUT2D eigenvalue weighted by atomic mass is 16.1. The van der Waals surface area contributed by atoms with Gasteiger partial charge >= 0.3 is 0 Å². The second kappa shape index (κ2) is 5.41. The number of carbonyl (C=O) groups excluding carboxylic acids is 1. The molecule has 1 atom stereocenters. The highest BCUT2D eigenvalue weighted by Crippen LogP contribution is 2.19. The summed E-state index contributed by atoms with van der Waals surface area (Å²) in [5.41, 5.74) is 2.44.